The number of hydrogen-bond donors (Lipinski definition) is 2. The minimum Gasteiger partial charge on any atom is -0.508 e. The molecule has 2 aromatic carbocycles. The number of aromatic hydroxyl groups is 1. The Balaban J connectivity index is 2.25. The lowest BCUT2D eigenvalue weighted by Crippen LogP contribution is -2.19. The Morgan fingerprint density at radius 1 is 1.27 bits per heavy atom. The molecule has 1 unspecified atom stereocenters. The van der Waals surface area contributed by atoms with Gasteiger partial charge in [0.05, 0.1) is 24.5 Å². The second-order valence-electron chi connectivity index (χ2n) is 4.82. The van der Waals surface area contributed by atoms with Gasteiger partial charge in [-0.15, -0.1) is 11.8 Å². The molecule has 0 heterocycles. The van der Waals surface area contributed by atoms with Crippen molar-refractivity contribution >= 4 is 34.2 Å². The Hall–Kier alpha value is -2.21. The normalized spacial score (nSPS) is 13.1. The van der Waals surface area contributed by atoms with Gasteiger partial charge in [0.15, 0.2) is 0 Å². The molecular formula is C16H17NO4S. The zero-order valence-corrected chi connectivity index (χ0v) is 13.1. The van der Waals surface area contributed by atoms with Crippen LogP contribution in [-0.4, -0.2) is 34.4 Å². The maximum Gasteiger partial charge on any atom is 0.307 e. The summed E-state index contributed by atoms with van der Waals surface area (Å²) in [5, 5.41) is 23.3. The summed E-state index contributed by atoms with van der Waals surface area (Å²) in [6, 6.07) is 10.9. The summed E-state index contributed by atoms with van der Waals surface area (Å²) in [5.41, 5.74) is 0.459. The molecule has 0 amide bonds. The summed E-state index contributed by atoms with van der Waals surface area (Å²) in [6.07, 6.45) is 0.130. The van der Waals surface area contributed by atoms with Crippen molar-refractivity contribution in [1.82, 2.24) is 0 Å². The highest BCUT2D eigenvalue weighted by molar-refractivity contribution is 8.00. The molecule has 116 valence electrons. The van der Waals surface area contributed by atoms with Crippen molar-refractivity contribution in [3.63, 3.8) is 0 Å². The molecule has 0 radical (unpaired) electrons. The second-order valence-corrected chi connectivity index (χ2v) is 6.10. The van der Waals surface area contributed by atoms with Gasteiger partial charge in [-0.05, 0) is 42.0 Å². The molecular weight excluding hydrogens is 302 g/mol. The van der Waals surface area contributed by atoms with E-state index in [1.807, 2.05) is 24.3 Å². The predicted octanol–water partition coefficient (Wildman–Crippen LogP) is 3.42. The van der Waals surface area contributed by atoms with Gasteiger partial charge in [0.2, 0.25) is 0 Å². The topological polar surface area (TPSA) is 79.1 Å². The molecule has 5 nitrogen and oxygen atoms in total. The highest BCUT2D eigenvalue weighted by Crippen LogP contribution is 2.30. The van der Waals surface area contributed by atoms with Gasteiger partial charge in [0.25, 0.3) is 0 Å². The lowest BCUT2D eigenvalue weighted by Gasteiger charge is -2.14. The van der Waals surface area contributed by atoms with E-state index >= 15 is 0 Å². The van der Waals surface area contributed by atoms with Gasteiger partial charge in [-0.1, -0.05) is 17.3 Å². The summed E-state index contributed by atoms with van der Waals surface area (Å²) in [6.45, 7) is 1.67. The zero-order valence-electron chi connectivity index (χ0n) is 12.3. The molecule has 22 heavy (non-hydrogen) atoms. The van der Waals surface area contributed by atoms with E-state index in [0.717, 1.165) is 15.7 Å². The molecule has 0 aliphatic heterocycles. The van der Waals surface area contributed by atoms with Crippen LogP contribution < -0.4 is 0 Å². The van der Waals surface area contributed by atoms with Crippen LogP contribution in [-0.2, 0) is 9.53 Å². The first-order valence-corrected chi connectivity index (χ1v) is 7.56. The summed E-state index contributed by atoms with van der Waals surface area (Å²) in [4.78, 5) is 12.4. The number of phenolic OH excluding ortho intramolecular Hbond substituents is 1. The molecule has 0 aliphatic carbocycles. The monoisotopic (exact) mass is 319 g/mol. The number of ether oxygens (including phenoxy) is 1. The number of phenols is 1. The number of benzene rings is 2. The molecule has 2 rings (SSSR count). The fraction of sp³-hybridized carbons (Fsp3) is 0.250. The number of esters is 1. The van der Waals surface area contributed by atoms with Crippen molar-refractivity contribution < 1.29 is 19.8 Å². The van der Waals surface area contributed by atoms with Crippen LogP contribution in [0.15, 0.2) is 46.4 Å². The Labute approximate surface area is 132 Å². The van der Waals surface area contributed by atoms with E-state index in [1.165, 1.54) is 18.9 Å². The third kappa shape index (κ3) is 3.92. The average Bonchev–Trinajstić information content (AvgIpc) is 2.53. The van der Waals surface area contributed by atoms with Crippen LogP contribution in [0.5, 0.6) is 5.75 Å². The number of methoxy groups -OCH3 is 1. The van der Waals surface area contributed by atoms with Crippen molar-refractivity contribution in [2.45, 2.75) is 23.5 Å². The SMILES string of the molecule is COC(=O)CC(Sc1ccc2cc(O)ccc2c1)C(C)=NO. The van der Waals surface area contributed by atoms with Gasteiger partial charge in [-0.25, -0.2) is 0 Å². The van der Waals surface area contributed by atoms with Crippen LogP contribution in [0, 0.1) is 0 Å². The molecule has 0 aliphatic rings. The smallest absolute Gasteiger partial charge is 0.307 e. The van der Waals surface area contributed by atoms with Gasteiger partial charge in [-0.3, -0.25) is 4.79 Å². The molecule has 2 N–H and O–H groups in total. The highest BCUT2D eigenvalue weighted by Gasteiger charge is 2.19. The second kappa shape index (κ2) is 7.17. The minimum atomic E-state index is -0.355. The van der Waals surface area contributed by atoms with E-state index in [-0.39, 0.29) is 23.4 Å². The Morgan fingerprint density at radius 2 is 1.95 bits per heavy atom. The number of carbonyl (C=O) groups excluding carboxylic acids is 1. The van der Waals surface area contributed by atoms with Crippen molar-refractivity contribution in [2.24, 2.45) is 5.16 Å². The Kier molecular flexibility index (Phi) is 5.27. The van der Waals surface area contributed by atoms with Gasteiger partial charge in [0, 0.05) is 4.90 Å². The largest absolute Gasteiger partial charge is 0.508 e. The third-order valence-electron chi connectivity index (χ3n) is 3.28. The lowest BCUT2D eigenvalue weighted by molar-refractivity contribution is -0.140. The Bertz CT molecular complexity index is 714. The lowest BCUT2D eigenvalue weighted by atomic mass is 10.1. The van der Waals surface area contributed by atoms with Crippen LogP contribution in [0.3, 0.4) is 0 Å². The number of nitrogens with zero attached hydrogens (tertiary/aromatic N) is 1. The van der Waals surface area contributed by atoms with Crippen molar-refractivity contribution in [3.05, 3.63) is 36.4 Å². The summed E-state index contributed by atoms with van der Waals surface area (Å²) in [5.74, 6) is -0.133. The minimum absolute atomic E-state index is 0.130. The summed E-state index contributed by atoms with van der Waals surface area (Å²) >= 11 is 1.43. The number of oxime groups is 1. The maximum atomic E-state index is 11.5. The third-order valence-corrected chi connectivity index (χ3v) is 4.60. The van der Waals surface area contributed by atoms with Crippen LogP contribution in [0.25, 0.3) is 10.8 Å². The standard InChI is InChI=1S/C16H17NO4S/c1-10(17-20)15(9-16(19)21-2)22-14-6-4-11-7-13(18)5-3-12(11)8-14/h3-8,15,18,20H,9H2,1-2H3. The van der Waals surface area contributed by atoms with Crippen molar-refractivity contribution in [1.29, 1.82) is 0 Å². The van der Waals surface area contributed by atoms with E-state index in [1.54, 1.807) is 19.1 Å². The molecule has 1 atom stereocenters. The van der Waals surface area contributed by atoms with Crippen LogP contribution in [0.2, 0.25) is 0 Å². The number of hydrogen-bond acceptors (Lipinski definition) is 6. The van der Waals surface area contributed by atoms with Crippen LogP contribution in [0.1, 0.15) is 13.3 Å². The molecule has 0 fully saturated rings. The highest BCUT2D eigenvalue weighted by atomic mass is 32.2. The molecule has 0 saturated heterocycles. The van der Waals surface area contributed by atoms with E-state index in [2.05, 4.69) is 9.89 Å². The van der Waals surface area contributed by atoms with Gasteiger partial charge in [0.1, 0.15) is 5.75 Å². The number of rotatable bonds is 5. The molecule has 0 bridgehead atoms. The predicted molar refractivity (Wildman–Crippen MR) is 86.8 cm³/mol. The molecule has 2 aromatic rings. The summed E-state index contributed by atoms with van der Waals surface area (Å²) in [7, 11) is 1.33. The Morgan fingerprint density at radius 3 is 2.64 bits per heavy atom. The fourth-order valence-electron chi connectivity index (χ4n) is 2.02. The quantitative estimate of drug-likeness (QED) is 0.290. The molecule has 0 saturated carbocycles. The van der Waals surface area contributed by atoms with E-state index < -0.39 is 0 Å². The molecule has 0 aromatic heterocycles. The van der Waals surface area contributed by atoms with E-state index in [9.17, 15) is 9.90 Å². The number of thioether (sulfide) groups is 1. The van der Waals surface area contributed by atoms with Crippen molar-refractivity contribution in [3.8, 4) is 5.75 Å². The first kappa shape index (κ1) is 16.2. The zero-order chi connectivity index (χ0) is 16.1. The van der Waals surface area contributed by atoms with Crippen LogP contribution in [0.4, 0.5) is 0 Å². The maximum absolute atomic E-state index is 11.5. The first-order chi connectivity index (χ1) is 10.5. The van der Waals surface area contributed by atoms with Gasteiger partial charge in [-0.2, -0.15) is 0 Å². The van der Waals surface area contributed by atoms with E-state index in [0.29, 0.717) is 5.71 Å². The molecule has 0 spiro atoms. The number of carbonyl (C=O) groups is 1. The van der Waals surface area contributed by atoms with Crippen molar-refractivity contribution in [2.75, 3.05) is 7.11 Å². The first-order valence-electron chi connectivity index (χ1n) is 6.68. The number of fused-ring (bicyclic) bond motifs is 1. The van der Waals surface area contributed by atoms with Gasteiger partial charge >= 0.3 is 5.97 Å². The average molecular weight is 319 g/mol. The fourth-order valence-corrected chi connectivity index (χ4v) is 3.13. The molecule has 6 heteroatoms. The summed E-state index contributed by atoms with van der Waals surface area (Å²) < 4.78 is 4.68. The van der Waals surface area contributed by atoms with E-state index in [4.69, 9.17) is 5.21 Å². The van der Waals surface area contributed by atoms with Crippen LogP contribution >= 0.6 is 11.8 Å². The van der Waals surface area contributed by atoms with Gasteiger partial charge < -0.3 is 15.1 Å².